The Bertz CT molecular complexity index is 1020. The maximum absolute atomic E-state index is 13.1. The van der Waals surface area contributed by atoms with Crippen LogP contribution < -0.4 is 10.6 Å². The van der Waals surface area contributed by atoms with E-state index >= 15 is 0 Å². The van der Waals surface area contributed by atoms with Gasteiger partial charge in [0.05, 0.1) is 11.9 Å². The third-order valence-electron chi connectivity index (χ3n) is 5.42. The number of Topliss-reactive ketones (excluding diaryl/α,β-unsaturated/α-hetero) is 1. The Labute approximate surface area is 171 Å². The predicted molar refractivity (Wildman–Crippen MR) is 117 cm³/mol. The van der Waals surface area contributed by atoms with Crippen molar-refractivity contribution in [2.24, 2.45) is 0 Å². The van der Waals surface area contributed by atoms with Crippen molar-refractivity contribution in [3.63, 3.8) is 0 Å². The van der Waals surface area contributed by atoms with E-state index in [0.717, 1.165) is 35.5 Å². The lowest BCUT2D eigenvalue weighted by molar-refractivity contribution is 0.0989. The van der Waals surface area contributed by atoms with E-state index in [1.165, 1.54) is 19.3 Å². The molecule has 148 valence electrons. The first-order valence-corrected chi connectivity index (χ1v) is 10.2. The van der Waals surface area contributed by atoms with E-state index in [2.05, 4.69) is 20.9 Å². The van der Waals surface area contributed by atoms with E-state index in [4.69, 9.17) is 5.73 Å². The van der Waals surface area contributed by atoms with Crippen LogP contribution in [0.2, 0.25) is 0 Å². The summed E-state index contributed by atoms with van der Waals surface area (Å²) in [6.45, 7) is 4.10. The summed E-state index contributed by atoms with van der Waals surface area (Å²) in [6.07, 6.45) is 5.55. The third kappa shape index (κ3) is 4.29. The van der Waals surface area contributed by atoms with Crippen LogP contribution in [0.5, 0.6) is 0 Å². The molecule has 0 radical (unpaired) electrons. The first-order chi connectivity index (χ1) is 14.1. The number of para-hydroxylation sites is 1. The van der Waals surface area contributed by atoms with E-state index in [9.17, 15) is 4.79 Å². The topological polar surface area (TPSA) is 72.1 Å². The minimum Gasteiger partial charge on any atom is -0.382 e. The van der Waals surface area contributed by atoms with Gasteiger partial charge in [0, 0.05) is 30.8 Å². The first kappa shape index (κ1) is 19.1. The smallest absolute Gasteiger partial charge is 0.189 e. The molecule has 0 atom stereocenters. The third-order valence-corrected chi connectivity index (χ3v) is 5.42. The van der Waals surface area contributed by atoms with Gasteiger partial charge in [0.25, 0.3) is 0 Å². The van der Waals surface area contributed by atoms with Crippen molar-refractivity contribution in [1.82, 2.24) is 9.97 Å². The Morgan fingerprint density at radius 3 is 2.66 bits per heavy atom. The van der Waals surface area contributed by atoms with Gasteiger partial charge in [-0.1, -0.05) is 42.0 Å². The zero-order valence-electron chi connectivity index (χ0n) is 16.8. The fraction of sp³-hybridized carbons (Fsp3) is 0.292. The Morgan fingerprint density at radius 1 is 1.07 bits per heavy atom. The van der Waals surface area contributed by atoms with Gasteiger partial charge in [-0.25, -0.2) is 9.97 Å². The molecule has 3 aromatic rings. The molecule has 4 rings (SSSR count). The Balaban J connectivity index is 1.62. The number of ketones is 1. The van der Waals surface area contributed by atoms with Gasteiger partial charge >= 0.3 is 0 Å². The molecule has 1 aromatic heterocycles. The predicted octanol–water partition coefficient (Wildman–Crippen LogP) is 4.45. The summed E-state index contributed by atoms with van der Waals surface area (Å²) in [5, 5.41) is 0. The molecule has 0 amide bonds. The van der Waals surface area contributed by atoms with E-state index in [1.807, 2.05) is 49.4 Å². The largest absolute Gasteiger partial charge is 0.382 e. The number of nitrogen functional groups attached to an aromatic ring is 1. The lowest BCUT2D eigenvalue weighted by Gasteiger charge is -2.30. The van der Waals surface area contributed by atoms with Crippen molar-refractivity contribution >= 4 is 17.3 Å². The molecule has 2 heterocycles. The van der Waals surface area contributed by atoms with Gasteiger partial charge in [-0.05, 0) is 43.9 Å². The zero-order valence-corrected chi connectivity index (χ0v) is 16.8. The maximum Gasteiger partial charge on any atom is 0.189 e. The van der Waals surface area contributed by atoms with Gasteiger partial charge in [-0.2, -0.15) is 0 Å². The van der Waals surface area contributed by atoms with Crippen molar-refractivity contribution in [1.29, 1.82) is 0 Å². The molecule has 0 aliphatic carbocycles. The summed E-state index contributed by atoms with van der Waals surface area (Å²) in [7, 11) is 0. The van der Waals surface area contributed by atoms with Crippen LogP contribution in [0.15, 0.2) is 54.7 Å². The molecule has 2 aromatic carbocycles. The summed E-state index contributed by atoms with van der Waals surface area (Å²) in [4.78, 5) is 24.3. The van der Waals surface area contributed by atoms with Gasteiger partial charge in [-0.15, -0.1) is 0 Å². The van der Waals surface area contributed by atoms with Gasteiger partial charge in [0.2, 0.25) is 0 Å². The van der Waals surface area contributed by atoms with Crippen LogP contribution >= 0.6 is 0 Å². The molecule has 0 unspecified atom stereocenters. The summed E-state index contributed by atoms with van der Waals surface area (Å²) >= 11 is 0. The van der Waals surface area contributed by atoms with Crippen LogP contribution in [-0.2, 0) is 6.42 Å². The molecule has 1 aliphatic rings. The number of aromatic nitrogens is 2. The first-order valence-electron chi connectivity index (χ1n) is 10.2. The average Bonchev–Trinajstić information content (AvgIpc) is 2.75. The molecule has 0 saturated carbocycles. The number of nitrogens with two attached hydrogens (primary N) is 1. The second-order valence-electron chi connectivity index (χ2n) is 7.63. The van der Waals surface area contributed by atoms with Crippen LogP contribution in [-0.4, -0.2) is 28.8 Å². The standard InChI is InChI=1S/C24H26N4O/c1-17-8-7-10-18(14-17)20-16-26-24(25)23(27-20)22(29)15-19-9-3-4-11-21(19)28-12-5-2-6-13-28/h3-4,7-11,14,16H,2,5-6,12-13,15H2,1H3,(H2,25,26). The van der Waals surface area contributed by atoms with Gasteiger partial charge in [0.1, 0.15) is 5.69 Å². The second kappa shape index (κ2) is 8.43. The highest BCUT2D eigenvalue weighted by Gasteiger charge is 2.19. The van der Waals surface area contributed by atoms with E-state index < -0.39 is 0 Å². The number of benzene rings is 2. The zero-order chi connectivity index (χ0) is 20.2. The highest BCUT2D eigenvalue weighted by molar-refractivity contribution is 6.00. The molecule has 1 saturated heterocycles. The number of carbonyl (C=O) groups is 1. The summed E-state index contributed by atoms with van der Waals surface area (Å²) < 4.78 is 0. The van der Waals surface area contributed by atoms with Gasteiger partial charge in [0.15, 0.2) is 11.6 Å². The number of nitrogens with zero attached hydrogens (tertiary/aromatic N) is 3. The lowest BCUT2D eigenvalue weighted by atomic mass is 10.0. The van der Waals surface area contributed by atoms with Gasteiger partial charge in [-0.3, -0.25) is 4.79 Å². The molecular weight excluding hydrogens is 360 g/mol. The molecule has 0 bridgehead atoms. The summed E-state index contributed by atoms with van der Waals surface area (Å²) in [6, 6.07) is 16.1. The summed E-state index contributed by atoms with van der Waals surface area (Å²) in [5.74, 6) is 0.0795. The Hall–Kier alpha value is -3.21. The monoisotopic (exact) mass is 386 g/mol. The minimum absolute atomic E-state index is 0.103. The highest BCUT2D eigenvalue weighted by atomic mass is 16.1. The average molecular weight is 386 g/mol. The van der Waals surface area contributed by atoms with Crippen LogP contribution in [0.1, 0.15) is 40.9 Å². The highest BCUT2D eigenvalue weighted by Crippen LogP contribution is 2.26. The van der Waals surface area contributed by atoms with Crippen molar-refractivity contribution in [2.75, 3.05) is 23.7 Å². The maximum atomic E-state index is 13.1. The number of anilines is 2. The van der Waals surface area contributed by atoms with Gasteiger partial charge < -0.3 is 10.6 Å². The number of carbonyl (C=O) groups excluding carboxylic acids is 1. The van der Waals surface area contributed by atoms with Crippen LogP contribution in [0, 0.1) is 6.92 Å². The Morgan fingerprint density at radius 2 is 1.86 bits per heavy atom. The number of rotatable bonds is 5. The van der Waals surface area contributed by atoms with Crippen molar-refractivity contribution in [3.05, 3.63) is 71.5 Å². The number of hydrogen-bond donors (Lipinski definition) is 1. The fourth-order valence-corrected chi connectivity index (χ4v) is 3.91. The lowest BCUT2D eigenvalue weighted by Crippen LogP contribution is -2.30. The second-order valence-corrected chi connectivity index (χ2v) is 7.63. The molecule has 1 fully saturated rings. The molecule has 2 N–H and O–H groups in total. The molecule has 0 spiro atoms. The van der Waals surface area contributed by atoms with E-state index in [0.29, 0.717) is 5.69 Å². The number of piperidine rings is 1. The Kier molecular flexibility index (Phi) is 5.56. The van der Waals surface area contributed by atoms with Crippen molar-refractivity contribution in [2.45, 2.75) is 32.6 Å². The SMILES string of the molecule is Cc1cccc(-c2cnc(N)c(C(=O)Cc3ccccc3N3CCCCC3)n2)c1. The fourth-order valence-electron chi connectivity index (χ4n) is 3.91. The van der Waals surface area contributed by atoms with Crippen LogP contribution in [0.4, 0.5) is 11.5 Å². The number of hydrogen-bond acceptors (Lipinski definition) is 5. The van der Waals surface area contributed by atoms with E-state index in [1.54, 1.807) is 6.20 Å². The van der Waals surface area contributed by atoms with E-state index in [-0.39, 0.29) is 23.7 Å². The minimum atomic E-state index is -0.103. The molecule has 1 aliphatic heterocycles. The van der Waals surface area contributed by atoms with Crippen molar-refractivity contribution in [3.8, 4) is 11.3 Å². The van der Waals surface area contributed by atoms with Crippen molar-refractivity contribution < 1.29 is 4.79 Å². The number of aryl methyl sites for hydroxylation is 1. The van der Waals surface area contributed by atoms with Crippen LogP contribution in [0.3, 0.4) is 0 Å². The molecule has 5 heteroatoms. The quantitative estimate of drug-likeness (QED) is 0.656. The molecular formula is C24H26N4O. The van der Waals surface area contributed by atoms with Crippen LogP contribution in [0.25, 0.3) is 11.3 Å². The molecule has 29 heavy (non-hydrogen) atoms. The normalized spacial score (nSPS) is 14.0. The summed E-state index contributed by atoms with van der Waals surface area (Å²) in [5.41, 5.74) is 11.2. The molecule has 5 nitrogen and oxygen atoms in total.